The van der Waals surface area contributed by atoms with Crippen molar-refractivity contribution >= 4 is 22.9 Å². The van der Waals surface area contributed by atoms with Gasteiger partial charge in [-0.2, -0.15) is 0 Å². The molecule has 0 radical (unpaired) electrons. The van der Waals surface area contributed by atoms with Gasteiger partial charge in [0.1, 0.15) is 0 Å². The fourth-order valence-electron chi connectivity index (χ4n) is 2.15. The summed E-state index contributed by atoms with van der Waals surface area (Å²) >= 11 is 1.57. The quantitative estimate of drug-likeness (QED) is 0.768. The summed E-state index contributed by atoms with van der Waals surface area (Å²) in [5.41, 5.74) is 2.62. The predicted octanol–water partition coefficient (Wildman–Crippen LogP) is 3.56. The van der Waals surface area contributed by atoms with Gasteiger partial charge in [0.15, 0.2) is 5.69 Å². The van der Waals surface area contributed by atoms with Crippen molar-refractivity contribution in [2.45, 2.75) is 13.8 Å². The molecule has 3 aromatic rings. The Labute approximate surface area is 143 Å². The second kappa shape index (κ2) is 7.18. The van der Waals surface area contributed by atoms with Gasteiger partial charge in [-0.15, -0.1) is 21.5 Å². The van der Waals surface area contributed by atoms with Crippen LogP contribution in [0.25, 0.3) is 11.3 Å². The molecule has 0 atom stereocenters. The number of anilines is 1. The van der Waals surface area contributed by atoms with E-state index in [2.05, 4.69) is 20.5 Å². The number of thiazole rings is 1. The molecule has 1 aromatic carbocycles. The van der Waals surface area contributed by atoms with Gasteiger partial charge in [0.25, 0.3) is 5.91 Å². The SMILES string of the molecule is CCOc1ccc(C(=O)Nc2ccccc2-c2csc(C)n2)nn1. The first-order chi connectivity index (χ1) is 11.7. The number of nitrogens with zero attached hydrogens (tertiary/aromatic N) is 3. The topological polar surface area (TPSA) is 77.0 Å². The molecule has 7 heteroatoms. The van der Waals surface area contributed by atoms with Crippen molar-refractivity contribution in [2.24, 2.45) is 0 Å². The number of carbonyl (C=O) groups is 1. The Kier molecular flexibility index (Phi) is 4.81. The number of aryl methyl sites for hydroxylation is 1. The number of hydrogen-bond donors (Lipinski definition) is 1. The zero-order chi connectivity index (χ0) is 16.9. The van der Waals surface area contributed by atoms with Crippen LogP contribution in [0.4, 0.5) is 5.69 Å². The number of para-hydroxylation sites is 1. The van der Waals surface area contributed by atoms with E-state index >= 15 is 0 Å². The summed E-state index contributed by atoms with van der Waals surface area (Å²) in [5, 5.41) is 13.6. The fraction of sp³-hybridized carbons (Fsp3) is 0.176. The highest BCUT2D eigenvalue weighted by molar-refractivity contribution is 7.09. The summed E-state index contributed by atoms with van der Waals surface area (Å²) in [6.45, 7) is 4.31. The molecule has 1 N–H and O–H groups in total. The van der Waals surface area contributed by atoms with E-state index in [-0.39, 0.29) is 11.6 Å². The van der Waals surface area contributed by atoms with Gasteiger partial charge in [0, 0.05) is 17.0 Å². The lowest BCUT2D eigenvalue weighted by Crippen LogP contribution is -2.15. The van der Waals surface area contributed by atoms with Crippen LogP contribution in [0.3, 0.4) is 0 Å². The van der Waals surface area contributed by atoms with Crippen LogP contribution in [0.5, 0.6) is 5.88 Å². The van der Waals surface area contributed by atoms with E-state index in [9.17, 15) is 4.79 Å². The molecule has 0 aliphatic carbocycles. The molecule has 2 aromatic heterocycles. The van der Waals surface area contributed by atoms with Gasteiger partial charge in [0.05, 0.1) is 23.0 Å². The Hall–Kier alpha value is -2.80. The number of nitrogens with one attached hydrogen (secondary N) is 1. The molecule has 0 spiro atoms. The summed E-state index contributed by atoms with van der Waals surface area (Å²) in [6, 6.07) is 10.8. The number of hydrogen-bond acceptors (Lipinski definition) is 6. The third-order valence-electron chi connectivity index (χ3n) is 3.24. The van der Waals surface area contributed by atoms with Crippen LogP contribution in [0.1, 0.15) is 22.4 Å². The van der Waals surface area contributed by atoms with Crippen molar-refractivity contribution < 1.29 is 9.53 Å². The Morgan fingerprint density at radius 3 is 2.71 bits per heavy atom. The first kappa shape index (κ1) is 16.1. The third kappa shape index (κ3) is 3.57. The molecule has 0 saturated carbocycles. The van der Waals surface area contributed by atoms with E-state index in [0.717, 1.165) is 16.3 Å². The van der Waals surface area contributed by atoms with Crippen LogP contribution >= 0.6 is 11.3 Å². The molecule has 0 bridgehead atoms. The van der Waals surface area contributed by atoms with Crippen molar-refractivity contribution in [3.8, 4) is 17.1 Å². The van der Waals surface area contributed by atoms with E-state index in [1.54, 1.807) is 23.5 Å². The van der Waals surface area contributed by atoms with Crippen LogP contribution in [0.2, 0.25) is 0 Å². The highest BCUT2D eigenvalue weighted by atomic mass is 32.1. The largest absolute Gasteiger partial charge is 0.477 e. The van der Waals surface area contributed by atoms with Crippen molar-refractivity contribution in [1.82, 2.24) is 15.2 Å². The minimum Gasteiger partial charge on any atom is -0.477 e. The normalized spacial score (nSPS) is 10.4. The van der Waals surface area contributed by atoms with E-state index in [4.69, 9.17) is 4.74 Å². The Bertz CT molecular complexity index is 846. The number of aromatic nitrogens is 3. The lowest BCUT2D eigenvalue weighted by molar-refractivity contribution is 0.102. The van der Waals surface area contributed by atoms with Crippen LogP contribution in [0, 0.1) is 6.92 Å². The molecule has 0 aliphatic rings. The van der Waals surface area contributed by atoms with E-state index in [1.165, 1.54) is 0 Å². The molecule has 122 valence electrons. The second-order valence-corrected chi connectivity index (χ2v) is 6.00. The number of carbonyl (C=O) groups excluding carboxylic acids is 1. The zero-order valence-electron chi connectivity index (χ0n) is 13.3. The van der Waals surface area contributed by atoms with E-state index in [0.29, 0.717) is 18.2 Å². The number of ether oxygens (including phenoxy) is 1. The Morgan fingerprint density at radius 1 is 1.21 bits per heavy atom. The van der Waals surface area contributed by atoms with Crippen LogP contribution in [-0.2, 0) is 0 Å². The average Bonchev–Trinajstić information content (AvgIpc) is 3.02. The smallest absolute Gasteiger partial charge is 0.276 e. The van der Waals surface area contributed by atoms with Gasteiger partial charge < -0.3 is 10.1 Å². The maximum Gasteiger partial charge on any atom is 0.276 e. The minimum absolute atomic E-state index is 0.225. The molecule has 1 amide bonds. The summed E-state index contributed by atoms with van der Waals surface area (Å²) in [6.07, 6.45) is 0. The maximum atomic E-state index is 12.4. The maximum absolute atomic E-state index is 12.4. The standard InChI is InChI=1S/C17H16N4O2S/c1-3-23-16-9-8-14(20-21-16)17(22)19-13-7-5-4-6-12(13)15-10-24-11(2)18-15/h4-10H,3H2,1-2H3,(H,19,22). The molecular formula is C17H16N4O2S. The molecule has 0 fully saturated rings. The highest BCUT2D eigenvalue weighted by Gasteiger charge is 2.13. The second-order valence-electron chi connectivity index (χ2n) is 4.94. The van der Waals surface area contributed by atoms with Gasteiger partial charge >= 0.3 is 0 Å². The number of benzene rings is 1. The highest BCUT2D eigenvalue weighted by Crippen LogP contribution is 2.29. The Balaban J connectivity index is 1.82. The van der Waals surface area contributed by atoms with Crippen LogP contribution < -0.4 is 10.1 Å². The number of amides is 1. The first-order valence-electron chi connectivity index (χ1n) is 7.46. The van der Waals surface area contributed by atoms with Gasteiger partial charge in [-0.05, 0) is 26.0 Å². The monoisotopic (exact) mass is 340 g/mol. The average molecular weight is 340 g/mol. The van der Waals surface area contributed by atoms with Crippen LogP contribution in [0.15, 0.2) is 41.8 Å². The van der Waals surface area contributed by atoms with Gasteiger partial charge in [-0.25, -0.2) is 4.98 Å². The zero-order valence-corrected chi connectivity index (χ0v) is 14.1. The lowest BCUT2D eigenvalue weighted by Gasteiger charge is -2.09. The summed E-state index contributed by atoms with van der Waals surface area (Å²) in [7, 11) is 0. The van der Waals surface area contributed by atoms with Gasteiger partial charge in [0.2, 0.25) is 5.88 Å². The molecular weight excluding hydrogens is 324 g/mol. The van der Waals surface area contributed by atoms with E-state index in [1.807, 2.05) is 43.5 Å². The van der Waals surface area contributed by atoms with Crippen molar-refractivity contribution in [3.63, 3.8) is 0 Å². The molecule has 6 nitrogen and oxygen atoms in total. The van der Waals surface area contributed by atoms with Crippen molar-refractivity contribution in [2.75, 3.05) is 11.9 Å². The summed E-state index contributed by atoms with van der Waals surface area (Å²) in [4.78, 5) is 16.9. The molecule has 3 rings (SSSR count). The van der Waals surface area contributed by atoms with Crippen LogP contribution in [-0.4, -0.2) is 27.7 Å². The Morgan fingerprint density at radius 2 is 2.04 bits per heavy atom. The number of rotatable bonds is 5. The third-order valence-corrected chi connectivity index (χ3v) is 4.01. The van der Waals surface area contributed by atoms with Gasteiger partial charge in [-0.1, -0.05) is 18.2 Å². The summed E-state index contributed by atoms with van der Waals surface area (Å²) in [5.74, 6) is 0.0670. The molecule has 0 unspecified atom stereocenters. The molecule has 2 heterocycles. The molecule has 24 heavy (non-hydrogen) atoms. The van der Waals surface area contributed by atoms with Gasteiger partial charge in [-0.3, -0.25) is 4.79 Å². The molecule has 0 saturated heterocycles. The first-order valence-corrected chi connectivity index (χ1v) is 8.34. The predicted molar refractivity (Wildman–Crippen MR) is 93.4 cm³/mol. The van der Waals surface area contributed by atoms with Crippen molar-refractivity contribution in [1.29, 1.82) is 0 Å². The summed E-state index contributed by atoms with van der Waals surface area (Å²) < 4.78 is 5.23. The minimum atomic E-state index is -0.329. The van der Waals surface area contributed by atoms with E-state index < -0.39 is 0 Å². The molecule has 0 aliphatic heterocycles. The fourth-order valence-corrected chi connectivity index (χ4v) is 2.77. The van der Waals surface area contributed by atoms with Crippen molar-refractivity contribution in [3.05, 3.63) is 52.5 Å². The lowest BCUT2D eigenvalue weighted by atomic mass is 10.1.